The fourth-order valence-electron chi connectivity index (χ4n) is 3.25. The van der Waals surface area contributed by atoms with Crippen molar-refractivity contribution in [1.29, 1.82) is 0 Å². The Morgan fingerprint density at radius 3 is 2.69 bits per heavy atom. The highest BCUT2D eigenvalue weighted by Crippen LogP contribution is 2.24. The zero-order valence-electron chi connectivity index (χ0n) is 16.2. The molecule has 8 heteroatoms. The molecular formula is C21H23N5O2S. The maximum atomic E-state index is 12.5. The van der Waals surface area contributed by atoms with E-state index >= 15 is 0 Å². The average Bonchev–Trinajstić information content (AvgIpc) is 3.23. The summed E-state index contributed by atoms with van der Waals surface area (Å²) in [6, 6.07) is 11.2. The number of nitrogens with one attached hydrogen (secondary N) is 1. The van der Waals surface area contributed by atoms with Gasteiger partial charge in [0.15, 0.2) is 0 Å². The quantitative estimate of drug-likeness (QED) is 0.674. The Labute approximate surface area is 174 Å². The summed E-state index contributed by atoms with van der Waals surface area (Å²) in [5.74, 6) is 4.58. The van der Waals surface area contributed by atoms with E-state index in [1.165, 1.54) is 0 Å². The van der Waals surface area contributed by atoms with Crippen molar-refractivity contribution in [3.8, 4) is 17.1 Å². The molecule has 0 atom stereocenters. The van der Waals surface area contributed by atoms with Gasteiger partial charge in [0, 0.05) is 54.4 Å². The molecule has 0 bridgehead atoms. The molecule has 150 valence electrons. The number of anilines is 2. The first-order valence-electron chi connectivity index (χ1n) is 9.47. The van der Waals surface area contributed by atoms with Gasteiger partial charge in [0.25, 0.3) is 0 Å². The first kappa shape index (κ1) is 19.3. The molecule has 0 radical (unpaired) electrons. The number of hydrogen-bond donors (Lipinski definition) is 1. The molecule has 0 unspecified atom stereocenters. The first-order valence-corrected chi connectivity index (χ1v) is 10.6. The first-order chi connectivity index (χ1) is 14.2. The van der Waals surface area contributed by atoms with E-state index in [1.807, 2.05) is 59.1 Å². The molecule has 4 rings (SSSR count). The SMILES string of the molecule is COc1ccc(NC(=O)Cn2ccnc2-c2ccnc(N3CCSCC3)c2)cc1. The molecule has 0 saturated carbocycles. The van der Waals surface area contributed by atoms with E-state index in [4.69, 9.17) is 4.74 Å². The van der Waals surface area contributed by atoms with Gasteiger partial charge < -0.3 is 19.5 Å². The Morgan fingerprint density at radius 1 is 1.14 bits per heavy atom. The minimum Gasteiger partial charge on any atom is -0.497 e. The standard InChI is InChI=1S/C21H23N5O2S/c1-28-18-4-2-17(3-5-18)24-20(27)15-26-9-8-23-21(26)16-6-7-22-19(14-16)25-10-12-29-13-11-25/h2-9,14H,10-13,15H2,1H3,(H,24,27). The number of carbonyl (C=O) groups excluding carboxylic acids is 1. The van der Waals surface area contributed by atoms with Crippen molar-refractivity contribution in [1.82, 2.24) is 14.5 Å². The number of amides is 1. The number of thioether (sulfide) groups is 1. The molecule has 29 heavy (non-hydrogen) atoms. The normalized spacial score (nSPS) is 13.9. The number of rotatable bonds is 6. The van der Waals surface area contributed by atoms with Crippen LogP contribution in [-0.4, -0.2) is 52.1 Å². The molecule has 1 fully saturated rings. The van der Waals surface area contributed by atoms with Crippen LogP contribution in [0, 0.1) is 0 Å². The van der Waals surface area contributed by atoms with Crippen LogP contribution in [0.3, 0.4) is 0 Å². The van der Waals surface area contributed by atoms with Crippen LogP contribution >= 0.6 is 11.8 Å². The lowest BCUT2D eigenvalue weighted by atomic mass is 10.2. The van der Waals surface area contributed by atoms with Gasteiger partial charge in [-0.25, -0.2) is 9.97 Å². The molecular weight excluding hydrogens is 386 g/mol. The highest BCUT2D eigenvalue weighted by Gasteiger charge is 2.15. The molecule has 0 aliphatic carbocycles. The van der Waals surface area contributed by atoms with Crippen molar-refractivity contribution >= 4 is 29.2 Å². The predicted molar refractivity (Wildman–Crippen MR) is 117 cm³/mol. The molecule has 0 spiro atoms. The zero-order valence-corrected chi connectivity index (χ0v) is 17.1. The summed E-state index contributed by atoms with van der Waals surface area (Å²) in [5, 5.41) is 2.91. The number of aromatic nitrogens is 3. The lowest BCUT2D eigenvalue weighted by Gasteiger charge is -2.27. The summed E-state index contributed by atoms with van der Waals surface area (Å²) in [7, 11) is 1.61. The van der Waals surface area contributed by atoms with Crippen molar-refractivity contribution in [3.63, 3.8) is 0 Å². The molecule has 1 amide bonds. The number of nitrogens with zero attached hydrogens (tertiary/aromatic N) is 4. The lowest BCUT2D eigenvalue weighted by molar-refractivity contribution is -0.116. The molecule has 1 aliphatic heterocycles. The van der Waals surface area contributed by atoms with Crippen LogP contribution in [0.25, 0.3) is 11.4 Å². The number of pyridine rings is 1. The number of hydrogen-bond acceptors (Lipinski definition) is 6. The van der Waals surface area contributed by atoms with E-state index in [2.05, 4.69) is 26.3 Å². The van der Waals surface area contributed by atoms with E-state index in [1.54, 1.807) is 13.3 Å². The number of methoxy groups -OCH3 is 1. The van der Waals surface area contributed by atoms with Gasteiger partial charge in [-0.1, -0.05) is 0 Å². The summed E-state index contributed by atoms with van der Waals surface area (Å²) >= 11 is 1.97. The smallest absolute Gasteiger partial charge is 0.244 e. The lowest BCUT2D eigenvalue weighted by Crippen LogP contribution is -2.33. The molecule has 2 aromatic heterocycles. The van der Waals surface area contributed by atoms with Crippen LogP contribution in [0.15, 0.2) is 55.0 Å². The van der Waals surface area contributed by atoms with Crippen LogP contribution in [0.4, 0.5) is 11.5 Å². The zero-order chi connectivity index (χ0) is 20.1. The average molecular weight is 410 g/mol. The Balaban J connectivity index is 1.47. The second-order valence-corrected chi connectivity index (χ2v) is 7.88. The predicted octanol–water partition coefficient (Wildman–Crippen LogP) is 3.15. The van der Waals surface area contributed by atoms with Gasteiger partial charge >= 0.3 is 0 Å². The summed E-state index contributed by atoms with van der Waals surface area (Å²) in [4.78, 5) is 23.8. The van der Waals surface area contributed by atoms with E-state index < -0.39 is 0 Å². The minimum atomic E-state index is -0.114. The maximum Gasteiger partial charge on any atom is 0.244 e. The summed E-state index contributed by atoms with van der Waals surface area (Å²) < 4.78 is 6.99. The number of carbonyl (C=O) groups is 1. The Morgan fingerprint density at radius 2 is 1.93 bits per heavy atom. The van der Waals surface area contributed by atoms with Gasteiger partial charge in [-0.15, -0.1) is 0 Å². The number of ether oxygens (including phenoxy) is 1. The Hall–Kier alpha value is -3.00. The van der Waals surface area contributed by atoms with Crippen molar-refractivity contribution < 1.29 is 9.53 Å². The Bertz CT molecular complexity index is 967. The summed E-state index contributed by atoms with van der Waals surface area (Å²) in [5.41, 5.74) is 1.68. The third kappa shape index (κ3) is 4.71. The van der Waals surface area contributed by atoms with Gasteiger partial charge in [0.1, 0.15) is 23.9 Å². The molecule has 3 heterocycles. The van der Waals surface area contributed by atoms with Crippen molar-refractivity contribution in [2.24, 2.45) is 0 Å². The Kier molecular flexibility index (Phi) is 6.00. The van der Waals surface area contributed by atoms with Gasteiger partial charge in [0.05, 0.1) is 7.11 Å². The molecule has 1 N–H and O–H groups in total. The van der Waals surface area contributed by atoms with Gasteiger partial charge in [0.2, 0.25) is 5.91 Å². The minimum absolute atomic E-state index is 0.114. The highest BCUT2D eigenvalue weighted by molar-refractivity contribution is 7.99. The topological polar surface area (TPSA) is 72.3 Å². The van der Waals surface area contributed by atoms with Gasteiger partial charge in [-0.05, 0) is 36.4 Å². The monoisotopic (exact) mass is 409 g/mol. The van der Waals surface area contributed by atoms with Gasteiger partial charge in [-0.3, -0.25) is 4.79 Å². The van der Waals surface area contributed by atoms with E-state index in [9.17, 15) is 4.79 Å². The molecule has 3 aromatic rings. The largest absolute Gasteiger partial charge is 0.497 e. The second kappa shape index (κ2) is 9.00. The van der Waals surface area contributed by atoms with Crippen molar-refractivity contribution in [2.45, 2.75) is 6.54 Å². The van der Waals surface area contributed by atoms with Crippen LogP contribution in [0.2, 0.25) is 0 Å². The summed E-state index contributed by atoms with van der Waals surface area (Å²) in [6.45, 7) is 2.18. The third-order valence-electron chi connectivity index (χ3n) is 4.74. The fourth-order valence-corrected chi connectivity index (χ4v) is 4.15. The molecule has 1 saturated heterocycles. The highest BCUT2D eigenvalue weighted by atomic mass is 32.2. The van der Waals surface area contributed by atoms with Crippen LogP contribution in [0.1, 0.15) is 0 Å². The molecule has 7 nitrogen and oxygen atoms in total. The van der Waals surface area contributed by atoms with Gasteiger partial charge in [-0.2, -0.15) is 11.8 Å². The van der Waals surface area contributed by atoms with Crippen LogP contribution in [-0.2, 0) is 11.3 Å². The van der Waals surface area contributed by atoms with Crippen LogP contribution in [0.5, 0.6) is 5.75 Å². The van der Waals surface area contributed by atoms with Crippen molar-refractivity contribution in [2.75, 3.05) is 41.9 Å². The summed E-state index contributed by atoms with van der Waals surface area (Å²) in [6.07, 6.45) is 5.34. The van der Waals surface area contributed by atoms with Crippen molar-refractivity contribution in [3.05, 3.63) is 55.0 Å². The van der Waals surface area contributed by atoms with E-state index in [0.717, 1.165) is 53.2 Å². The second-order valence-electron chi connectivity index (χ2n) is 6.66. The number of benzene rings is 1. The fraction of sp³-hybridized carbons (Fsp3) is 0.286. The third-order valence-corrected chi connectivity index (χ3v) is 5.68. The van der Waals surface area contributed by atoms with E-state index in [0.29, 0.717) is 0 Å². The van der Waals surface area contributed by atoms with E-state index in [-0.39, 0.29) is 12.5 Å². The maximum absolute atomic E-state index is 12.5. The van der Waals surface area contributed by atoms with Crippen LogP contribution < -0.4 is 15.0 Å². The molecule has 1 aliphatic rings. The molecule has 1 aromatic carbocycles. The number of imidazole rings is 1.